The van der Waals surface area contributed by atoms with E-state index in [-0.39, 0.29) is 0 Å². The van der Waals surface area contributed by atoms with Crippen LogP contribution in [0.3, 0.4) is 0 Å². The van der Waals surface area contributed by atoms with Crippen LogP contribution in [-0.2, 0) is 0 Å². The summed E-state index contributed by atoms with van der Waals surface area (Å²) in [5.74, 6) is 1.52. The molecule has 1 aromatic heterocycles. The van der Waals surface area contributed by atoms with E-state index in [0.29, 0.717) is 6.54 Å². The van der Waals surface area contributed by atoms with Crippen LogP contribution in [0.1, 0.15) is 25.7 Å². The minimum atomic E-state index is -0.551. The largest absolute Gasteiger partial charge is 0.388 e. The molecular formula is C11H18N4O. The van der Waals surface area contributed by atoms with Crippen molar-refractivity contribution in [2.45, 2.75) is 31.3 Å². The molecule has 5 heteroatoms. The van der Waals surface area contributed by atoms with E-state index < -0.39 is 5.60 Å². The zero-order valence-electron chi connectivity index (χ0n) is 9.53. The quantitative estimate of drug-likeness (QED) is 0.715. The summed E-state index contributed by atoms with van der Waals surface area (Å²) in [5, 5.41) is 16.3. The van der Waals surface area contributed by atoms with Crippen molar-refractivity contribution in [3.63, 3.8) is 0 Å². The molecule has 0 bridgehead atoms. The van der Waals surface area contributed by atoms with Crippen molar-refractivity contribution in [1.82, 2.24) is 9.97 Å². The molecule has 2 rings (SSSR count). The second kappa shape index (κ2) is 4.65. The van der Waals surface area contributed by atoms with Gasteiger partial charge in [-0.1, -0.05) is 12.8 Å². The van der Waals surface area contributed by atoms with E-state index in [1.165, 1.54) is 6.33 Å². The number of anilines is 2. The van der Waals surface area contributed by atoms with Crippen LogP contribution in [0, 0.1) is 0 Å². The number of nitrogens with zero attached hydrogens (tertiary/aromatic N) is 2. The molecule has 0 radical (unpaired) electrons. The van der Waals surface area contributed by atoms with Gasteiger partial charge in [0.1, 0.15) is 18.0 Å². The van der Waals surface area contributed by atoms with Crippen molar-refractivity contribution in [3.8, 4) is 0 Å². The molecule has 0 aliphatic heterocycles. The number of hydrogen-bond acceptors (Lipinski definition) is 5. The molecule has 1 heterocycles. The van der Waals surface area contributed by atoms with Crippen LogP contribution < -0.4 is 10.6 Å². The van der Waals surface area contributed by atoms with Gasteiger partial charge in [-0.2, -0.15) is 0 Å². The van der Waals surface area contributed by atoms with Crippen molar-refractivity contribution in [3.05, 3.63) is 12.4 Å². The Morgan fingerprint density at radius 2 is 2.00 bits per heavy atom. The Kier molecular flexibility index (Phi) is 3.24. The minimum Gasteiger partial charge on any atom is -0.388 e. The van der Waals surface area contributed by atoms with Crippen LogP contribution in [0.15, 0.2) is 12.4 Å². The summed E-state index contributed by atoms with van der Waals surface area (Å²) in [6.07, 6.45) is 5.49. The monoisotopic (exact) mass is 222 g/mol. The maximum Gasteiger partial charge on any atom is 0.131 e. The number of nitrogens with one attached hydrogen (secondary N) is 2. The van der Waals surface area contributed by atoms with E-state index in [1.54, 1.807) is 0 Å². The first kappa shape index (κ1) is 11.1. The third-order valence-electron chi connectivity index (χ3n) is 3.06. The van der Waals surface area contributed by atoms with E-state index >= 15 is 0 Å². The molecular weight excluding hydrogens is 204 g/mol. The van der Waals surface area contributed by atoms with Gasteiger partial charge in [0, 0.05) is 19.7 Å². The van der Waals surface area contributed by atoms with Crippen molar-refractivity contribution >= 4 is 11.6 Å². The fourth-order valence-electron chi connectivity index (χ4n) is 2.06. The van der Waals surface area contributed by atoms with Gasteiger partial charge in [-0.05, 0) is 12.8 Å². The molecule has 0 spiro atoms. The summed E-state index contributed by atoms with van der Waals surface area (Å²) < 4.78 is 0. The second-order valence-electron chi connectivity index (χ2n) is 4.32. The highest BCUT2D eigenvalue weighted by Crippen LogP contribution is 2.29. The molecule has 0 saturated heterocycles. The Balaban J connectivity index is 1.93. The Morgan fingerprint density at radius 1 is 1.31 bits per heavy atom. The molecule has 1 aliphatic carbocycles. The first-order valence-electron chi connectivity index (χ1n) is 5.68. The molecule has 0 unspecified atom stereocenters. The fourth-order valence-corrected chi connectivity index (χ4v) is 2.06. The fraction of sp³-hybridized carbons (Fsp3) is 0.636. The zero-order valence-corrected chi connectivity index (χ0v) is 9.53. The summed E-state index contributed by atoms with van der Waals surface area (Å²) in [4.78, 5) is 8.14. The lowest BCUT2D eigenvalue weighted by molar-refractivity contribution is 0.0614. The summed E-state index contributed by atoms with van der Waals surface area (Å²) in [7, 11) is 1.82. The molecule has 0 atom stereocenters. The first-order chi connectivity index (χ1) is 7.72. The molecule has 88 valence electrons. The topological polar surface area (TPSA) is 70.1 Å². The van der Waals surface area contributed by atoms with E-state index in [1.807, 2.05) is 13.1 Å². The Bertz CT molecular complexity index is 350. The zero-order chi connectivity index (χ0) is 11.4. The van der Waals surface area contributed by atoms with Gasteiger partial charge < -0.3 is 15.7 Å². The van der Waals surface area contributed by atoms with Crippen molar-refractivity contribution < 1.29 is 5.11 Å². The Morgan fingerprint density at radius 3 is 2.69 bits per heavy atom. The second-order valence-corrected chi connectivity index (χ2v) is 4.32. The van der Waals surface area contributed by atoms with E-state index in [2.05, 4.69) is 20.6 Å². The van der Waals surface area contributed by atoms with Crippen molar-refractivity contribution in [2.24, 2.45) is 0 Å². The molecule has 0 aromatic carbocycles. The lowest BCUT2D eigenvalue weighted by Gasteiger charge is -2.22. The van der Waals surface area contributed by atoms with Gasteiger partial charge in [-0.15, -0.1) is 0 Å². The molecule has 16 heavy (non-hydrogen) atoms. The van der Waals surface area contributed by atoms with Gasteiger partial charge in [-0.3, -0.25) is 0 Å². The molecule has 1 saturated carbocycles. The van der Waals surface area contributed by atoms with E-state index in [0.717, 1.165) is 37.3 Å². The number of rotatable bonds is 4. The summed E-state index contributed by atoms with van der Waals surface area (Å²) in [6, 6.07) is 1.83. The van der Waals surface area contributed by atoms with Gasteiger partial charge in [-0.25, -0.2) is 9.97 Å². The van der Waals surface area contributed by atoms with Gasteiger partial charge in [0.25, 0.3) is 0 Å². The van der Waals surface area contributed by atoms with Crippen LogP contribution in [0.25, 0.3) is 0 Å². The third kappa shape index (κ3) is 2.61. The highest BCUT2D eigenvalue weighted by molar-refractivity contribution is 5.46. The third-order valence-corrected chi connectivity index (χ3v) is 3.06. The normalized spacial score (nSPS) is 18.4. The predicted molar refractivity (Wildman–Crippen MR) is 63.5 cm³/mol. The highest BCUT2D eigenvalue weighted by Gasteiger charge is 2.30. The Hall–Kier alpha value is -1.36. The number of aliphatic hydroxyl groups is 1. The lowest BCUT2D eigenvalue weighted by atomic mass is 10.0. The lowest BCUT2D eigenvalue weighted by Crippen LogP contribution is -2.33. The molecule has 5 nitrogen and oxygen atoms in total. The van der Waals surface area contributed by atoms with Crippen LogP contribution in [-0.4, -0.2) is 34.3 Å². The maximum absolute atomic E-state index is 10.2. The number of hydrogen-bond donors (Lipinski definition) is 3. The van der Waals surface area contributed by atoms with Crippen molar-refractivity contribution in [2.75, 3.05) is 24.2 Å². The standard InChI is InChI=1S/C11H18N4O/c1-12-9-6-10(15-8-14-9)13-7-11(16)4-2-3-5-11/h6,8,16H,2-5,7H2,1H3,(H2,12,13,14,15). The minimum absolute atomic E-state index is 0.551. The maximum atomic E-state index is 10.2. The van der Waals surface area contributed by atoms with E-state index in [9.17, 15) is 5.11 Å². The molecule has 0 amide bonds. The summed E-state index contributed by atoms with van der Waals surface area (Å²) >= 11 is 0. The first-order valence-corrected chi connectivity index (χ1v) is 5.68. The molecule has 3 N–H and O–H groups in total. The van der Waals surface area contributed by atoms with Gasteiger partial charge in [0.15, 0.2) is 0 Å². The van der Waals surface area contributed by atoms with Crippen molar-refractivity contribution in [1.29, 1.82) is 0 Å². The van der Waals surface area contributed by atoms with Gasteiger partial charge in [0.05, 0.1) is 5.60 Å². The van der Waals surface area contributed by atoms with Crippen LogP contribution in [0.2, 0.25) is 0 Å². The molecule has 1 fully saturated rings. The van der Waals surface area contributed by atoms with Crippen LogP contribution >= 0.6 is 0 Å². The van der Waals surface area contributed by atoms with Gasteiger partial charge >= 0.3 is 0 Å². The van der Waals surface area contributed by atoms with E-state index in [4.69, 9.17) is 0 Å². The molecule has 1 aliphatic rings. The molecule has 1 aromatic rings. The number of aromatic nitrogens is 2. The average molecular weight is 222 g/mol. The summed E-state index contributed by atoms with van der Waals surface area (Å²) in [6.45, 7) is 0.563. The smallest absolute Gasteiger partial charge is 0.131 e. The van der Waals surface area contributed by atoms with Gasteiger partial charge in [0.2, 0.25) is 0 Å². The predicted octanol–water partition coefficient (Wildman–Crippen LogP) is 1.24. The summed E-state index contributed by atoms with van der Waals surface area (Å²) in [5.41, 5.74) is -0.551. The highest BCUT2D eigenvalue weighted by atomic mass is 16.3. The average Bonchev–Trinajstić information content (AvgIpc) is 2.75. The SMILES string of the molecule is CNc1cc(NCC2(O)CCCC2)ncn1. The van der Waals surface area contributed by atoms with Crippen LogP contribution in [0.5, 0.6) is 0 Å². The Labute approximate surface area is 95.3 Å². The van der Waals surface area contributed by atoms with Crippen LogP contribution in [0.4, 0.5) is 11.6 Å².